The highest BCUT2D eigenvalue weighted by Gasteiger charge is 2.58. The number of amides is 1. The molecule has 2 aromatic rings. The van der Waals surface area contributed by atoms with E-state index in [1.165, 1.54) is 5.56 Å². The van der Waals surface area contributed by atoms with Gasteiger partial charge in [0, 0.05) is 25.3 Å². The van der Waals surface area contributed by atoms with Crippen molar-refractivity contribution >= 4 is 19.9 Å². The summed E-state index contributed by atoms with van der Waals surface area (Å²) >= 11 is 0. The van der Waals surface area contributed by atoms with Gasteiger partial charge < -0.3 is 19.6 Å². The van der Waals surface area contributed by atoms with Crippen molar-refractivity contribution in [3.63, 3.8) is 0 Å². The molecule has 1 aliphatic rings. The average Bonchev–Trinajstić information content (AvgIpc) is 2.86. The normalized spacial score (nSPS) is 18.0. The number of likely N-dealkylation sites (tertiary alicyclic amines) is 1. The number of rotatable bonds is 11. The molecule has 3 rings (SSSR count). The summed E-state index contributed by atoms with van der Waals surface area (Å²) in [4.78, 5) is 16.3. The van der Waals surface area contributed by atoms with Crippen LogP contribution in [-0.2, 0) is 15.8 Å². The number of benzene rings is 2. The highest BCUT2D eigenvalue weighted by molar-refractivity contribution is 6.74. The zero-order valence-corrected chi connectivity index (χ0v) is 25.5. The van der Waals surface area contributed by atoms with Gasteiger partial charge in [0.2, 0.25) is 0 Å². The van der Waals surface area contributed by atoms with E-state index in [2.05, 4.69) is 63.1 Å². The minimum Gasteiger partial charge on any atom is -0.494 e. The van der Waals surface area contributed by atoms with Crippen molar-refractivity contribution in [1.82, 2.24) is 4.90 Å². The molecular formula is C31H48N2O4Si. The van der Waals surface area contributed by atoms with Gasteiger partial charge in [-0.1, -0.05) is 64.4 Å². The van der Waals surface area contributed by atoms with E-state index in [1.54, 1.807) is 6.92 Å². The van der Waals surface area contributed by atoms with E-state index >= 15 is 0 Å². The van der Waals surface area contributed by atoms with E-state index in [9.17, 15) is 9.90 Å². The Kier molecular flexibility index (Phi) is 9.85. The van der Waals surface area contributed by atoms with Gasteiger partial charge in [0.25, 0.3) is 5.91 Å². The lowest BCUT2D eigenvalue weighted by molar-refractivity contribution is -0.173. The summed E-state index contributed by atoms with van der Waals surface area (Å²) in [6.07, 6.45) is 3.00. The van der Waals surface area contributed by atoms with E-state index in [0.717, 1.165) is 25.1 Å². The third kappa shape index (κ3) is 7.26. The van der Waals surface area contributed by atoms with E-state index in [1.807, 2.05) is 42.5 Å². The average molecular weight is 541 g/mol. The van der Waals surface area contributed by atoms with Crippen LogP contribution in [0.3, 0.4) is 0 Å². The fourth-order valence-corrected chi connectivity index (χ4v) is 6.24. The monoisotopic (exact) mass is 540 g/mol. The van der Waals surface area contributed by atoms with Crippen LogP contribution in [0.5, 0.6) is 5.75 Å². The molecule has 0 spiro atoms. The predicted molar refractivity (Wildman–Crippen MR) is 158 cm³/mol. The largest absolute Gasteiger partial charge is 0.494 e. The topological polar surface area (TPSA) is 71.0 Å². The van der Waals surface area contributed by atoms with Gasteiger partial charge in [-0.25, -0.2) is 0 Å². The summed E-state index contributed by atoms with van der Waals surface area (Å²) in [6.45, 7) is 17.5. The molecule has 6 nitrogen and oxygen atoms in total. The lowest BCUT2D eigenvalue weighted by Crippen LogP contribution is -2.67. The Morgan fingerprint density at radius 3 is 2.18 bits per heavy atom. The first-order valence-electron chi connectivity index (χ1n) is 14.0. The van der Waals surface area contributed by atoms with E-state index < -0.39 is 19.5 Å². The third-order valence-corrected chi connectivity index (χ3v) is 12.9. The first kappa shape index (κ1) is 30.3. The standard InChI is InChI=1S/C31H48N2O4Si/c1-8-9-23-36-27-17-15-26(16-18-27)32-28(34)30(5,37-38(6,7)29(2,3)4)31(35)19-21-33(22-20-31)24-25-13-11-10-12-14-25/h10-18,35H,8-9,19-24H2,1-7H3,(H,32,34). The molecule has 0 bridgehead atoms. The number of unbranched alkanes of at least 4 members (excludes halogenated alkanes) is 1. The quantitative estimate of drug-likeness (QED) is 0.248. The Balaban J connectivity index is 1.80. The lowest BCUT2D eigenvalue weighted by atomic mass is 9.76. The molecule has 1 saturated heterocycles. The number of carbonyl (C=O) groups excluding carboxylic acids is 1. The van der Waals surface area contributed by atoms with Crippen molar-refractivity contribution in [2.45, 2.75) is 96.2 Å². The molecule has 2 aromatic carbocycles. The summed E-state index contributed by atoms with van der Waals surface area (Å²) in [5.41, 5.74) is -0.778. The first-order chi connectivity index (χ1) is 17.8. The molecule has 1 aliphatic heterocycles. The van der Waals surface area contributed by atoms with Gasteiger partial charge >= 0.3 is 0 Å². The van der Waals surface area contributed by atoms with Gasteiger partial charge in [-0.05, 0) is 74.1 Å². The Morgan fingerprint density at radius 2 is 1.63 bits per heavy atom. The fourth-order valence-electron chi connectivity index (χ4n) is 4.64. The van der Waals surface area contributed by atoms with Crippen LogP contribution in [0.2, 0.25) is 18.1 Å². The number of hydrogen-bond acceptors (Lipinski definition) is 5. The Labute approximate surface area is 230 Å². The molecule has 1 atom stereocenters. The van der Waals surface area contributed by atoms with Gasteiger partial charge in [0.15, 0.2) is 13.9 Å². The van der Waals surface area contributed by atoms with Gasteiger partial charge in [0.05, 0.1) is 6.61 Å². The number of anilines is 1. The fraction of sp³-hybridized carbons (Fsp3) is 0.581. The van der Waals surface area contributed by atoms with Crippen LogP contribution in [0.4, 0.5) is 5.69 Å². The van der Waals surface area contributed by atoms with E-state index in [-0.39, 0.29) is 10.9 Å². The van der Waals surface area contributed by atoms with Crippen LogP contribution in [0.1, 0.15) is 65.9 Å². The Hall–Kier alpha value is -2.19. The molecule has 0 saturated carbocycles. The van der Waals surface area contributed by atoms with E-state index in [0.29, 0.717) is 38.2 Å². The molecule has 1 heterocycles. The zero-order chi connectivity index (χ0) is 28.0. The number of aliphatic hydroxyl groups is 1. The number of nitrogens with zero attached hydrogens (tertiary/aromatic N) is 1. The molecule has 2 N–H and O–H groups in total. The van der Waals surface area contributed by atoms with Crippen LogP contribution in [0, 0.1) is 0 Å². The second-order valence-electron chi connectivity index (χ2n) is 12.4. The summed E-state index contributed by atoms with van der Waals surface area (Å²) in [5.74, 6) is 0.474. The van der Waals surface area contributed by atoms with Gasteiger partial charge in [0.1, 0.15) is 11.4 Å². The van der Waals surface area contributed by atoms with Gasteiger partial charge in [-0.3, -0.25) is 9.69 Å². The lowest BCUT2D eigenvalue weighted by Gasteiger charge is -2.52. The maximum atomic E-state index is 14.0. The number of nitrogens with one attached hydrogen (secondary N) is 1. The van der Waals surface area contributed by atoms with Crippen molar-refractivity contribution < 1.29 is 19.1 Å². The third-order valence-electron chi connectivity index (χ3n) is 8.40. The second kappa shape index (κ2) is 12.3. The van der Waals surface area contributed by atoms with Crippen LogP contribution < -0.4 is 10.1 Å². The predicted octanol–water partition coefficient (Wildman–Crippen LogP) is 6.61. The number of ether oxygens (including phenoxy) is 1. The van der Waals surface area contributed by atoms with Crippen LogP contribution >= 0.6 is 0 Å². The molecule has 0 radical (unpaired) electrons. The SMILES string of the molecule is CCCCOc1ccc(NC(=O)C(C)(O[Si](C)(C)C(C)(C)C)C2(O)CCN(Cc3ccccc3)CC2)cc1. The van der Waals surface area contributed by atoms with Gasteiger partial charge in [-0.15, -0.1) is 0 Å². The molecule has 7 heteroatoms. The highest BCUT2D eigenvalue weighted by Crippen LogP contribution is 2.45. The maximum absolute atomic E-state index is 14.0. The summed E-state index contributed by atoms with van der Waals surface area (Å²) < 4.78 is 12.6. The zero-order valence-electron chi connectivity index (χ0n) is 24.5. The van der Waals surface area contributed by atoms with Crippen molar-refractivity contribution in [3.8, 4) is 5.75 Å². The molecule has 0 aromatic heterocycles. The van der Waals surface area contributed by atoms with Crippen LogP contribution in [-0.4, -0.2) is 55.1 Å². The molecular weight excluding hydrogens is 492 g/mol. The maximum Gasteiger partial charge on any atom is 0.258 e. The summed E-state index contributed by atoms with van der Waals surface area (Å²) in [7, 11) is -2.41. The second-order valence-corrected chi connectivity index (χ2v) is 17.1. The highest BCUT2D eigenvalue weighted by atomic mass is 28.4. The Morgan fingerprint density at radius 1 is 1.03 bits per heavy atom. The van der Waals surface area contributed by atoms with Gasteiger partial charge in [-0.2, -0.15) is 0 Å². The Bertz CT molecular complexity index is 1030. The number of carbonyl (C=O) groups is 1. The minimum absolute atomic E-state index is 0.115. The van der Waals surface area contributed by atoms with Crippen molar-refractivity contribution in [2.75, 3.05) is 25.0 Å². The molecule has 1 amide bonds. The summed E-state index contributed by atoms with van der Waals surface area (Å²) in [6, 6.07) is 17.8. The first-order valence-corrected chi connectivity index (χ1v) is 16.9. The van der Waals surface area contributed by atoms with Crippen LogP contribution in [0.15, 0.2) is 54.6 Å². The minimum atomic E-state index is -2.41. The molecule has 38 heavy (non-hydrogen) atoms. The summed E-state index contributed by atoms with van der Waals surface area (Å²) in [5, 5.41) is 15.0. The van der Waals surface area contributed by atoms with E-state index in [4.69, 9.17) is 9.16 Å². The molecule has 0 aliphatic carbocycles. The van der Waals surface area contributed by atoms with Crippen molar-refractivity contribution in [3.05, 3.63) is 60.2 Å². The number of hydrogen-bond donors (Lipinski definition) is 2. The number of piperidine rings is 1. The smallest absolute Gasteiger partial charge is 0.258 e. The van der Waals surface area contributed by atoms with Crippen LogP contribution in [0.25, 0.3) is 0 Å². The van der Waals surface area contributed by atoms with Crippen molar-refractivity contribution in [2.24, 2.45) is 0 Å². The molecule has 210 valence electrons. The molecule has 1 fully saturated rings. The molecule has 1 unspecified atom stereocenters. The van der Waals surface area contributed by atoms with Crippen molar-refractivity contribution in [1.29, 1.82) is 0 Å².